The summed E-state index contributed by atoms with van der Waals surface area (Å²) in [6.07, 6.45) is 1.26. The lowest BCUT2D eigenvalue weighted by atomic mass is 10.1. The first-order valence-electron chi connectivity index (χ1n) is 8.09. The SMILES string of the molecule is CCCc1nn(C)c(-c2cc(-c3cc(Cl)c(C)cc3O)n[nH]2)c1[N+](=O)[O-]. The van der Waals surface area contributed by atoms with Crippen LogP contribution < -0.4 is 0 Å². The Balaban J connectivity index is 2.12. The number of benzene rings is 1. The van der Waals surface area contributed by atoms with E-state index < -0.39 is 4.92 Å². The van der Waals surface area contributed by atoms with E-state index in [1.165, 1.54) is 4.68 Å². The van der Waals surface area contributed by atoms with Crippen molar-refractivity contribution >= 4 is 17.3 Å². The first kappa shape index (κ1) is 17.9. The van der Waals surface area contributed by atoms with Gasteiger partial charge in [0.2, 0.25) is 0 Å². The molecule has 0 spiro atoms. The van der Waals surface area contributed by atoms with Crippen LogP contribution >= 0.6 is 11.6 Å². The number of rotatable bonds is 5. The third kappa shape index (κ3) is 3.03. The highest BCUT2D eigenvalue weighted by Crippen LogP contribution is 2.37. The number of H-pyrrole nitrogens is 1. The molecule has 3 rings (SSSR count). The normalized spacial score (nSPS) is 11.1. The molecule has 0 amide bonds. The number of aromatic hydroxyl groups is 1. The van der Waals surface area contributed by atoms with Crippen molar-refractivity contribution in [2.75, 3.05) is 0 Å². The van der Waals surface area contributed by atoms with Crippen molar-refractivity contribution in [3.63, 3.8) is 0 Å². The summed E-state index contributed by atoms with van der Waals surface area (Å²) in [7, 11) is 1.65. The van der Waals surface area contributed by atoms with E-state index in [2.05, 4.69) is 15.3 Å². The van der Waals surface area contributed by atoms with Gasteiger partial charge >= 0.3 is 5.69 Å². The van der Waals surface area contributed by atoms with E-state index in [0.29, 0.717) is 39.8 Å². The minimum Gasteiger partial charge on any atom is -0.507 e. The summed E-state index contributed by atoms with van der Waals surface area (Å²) >= 11 is 6.14. The van der Waals surface area contributed by atoms with Crippen molar-refractivity contribution in [3.05, 3.63) is 44.6 Å². The minimum atomic E-state index is -0.423. The van der Waals surface area contributed by atoms with Gasteiger partial charge in [-0.05, 0) is 37.1 Å². The molecular formula is C17H18ClN5O3. The molecule has 2 heterocycles. The smallest absolute Gasteiger partial charge is 0.319 e. The molecular weight excluding hydrogens is 358 g/mol. The Kier molecular flexibility index (Phi) is 4.69. The fraction of sp³-hybridized carbons (Fsp3) is 0.294. The molecule has 0 fully saturated rings. The zero-order chi connectivity index (χ0) is 19.0. The van der Waals surface area contributed by atoms with Crippen LogP contribution in [-0.4, -0.2) is 30.0 Å². The van der Waals surface area contributed by atoms with Crippen molar-refractivity contribution in [2.45, 2.75) is 26.7 Å². The molecule has 2 N–H and O–H groups in total. The van der Waals surface area contributed by atoms with Crippen LogP contribution in [0.1, 0.15) is 24.6 Å². The van der Waals surface area contributed by atoms with E-state index >= 15 is 0 Å². The third-order valence-corrected chi connectivity index (χ3v) is 4.55. The average Bonchev–Trinajstić information content (AvgIpc) is 3.15. The standard InChI is InChI=1S/C17H18ClN5O3/c1-4-5-12-17(23(25)26)16(22(3)21-12)14-8-13(19-20-14)10-7-11(18)9(2)6-15(10)24/h6-8,24H,4-5H2,1-3H3,(H,19,20). The molecule has 0 saturated carbocycles. The third-order valence-electron chi connectivity index (χ3n) is 4.15. The monoisotopic (exact) mass is 375 g/mol. The highest BCUT2D eigenvalue weighted by molar-refractivity contribution is 6.31. The number of hydrogen-bond donors (Lipinski definition) is 2. The summed E-state index contributed by atoms with van der Waals surface area (Å²) < 4.78 is 1.47. The number of nitrogens with one attached hydrogen (secondary N) is 1. The maximum atomic E-state index is 11.6. The molecule has 0 radical (unpaired) electrons. The largest absolute Gasteiger partial charge is 0.507 e. The number of phenols is 1. The van der Waals surface area contributed by atoms with E-state index in [1.54, 1.807) is 32.2 Å². The maximum absolute atomic E-state index is 11.6. The highest BCUT2D eigenvalue weighted by atomic mass is 35.5. The minimum absolute atomic E-state index is 0.0317. The van der Waals surface area contributed by atoms with Gasteiger partial charge in [-0.25, -0.2) is 0 Å². The Labute approximate surface area is 154 Å². The molecule has 1 aromatic carbocycles. The molecule has 3 aromatic rings. The molecule has 2 aromatic heterocycles. The number of aromatic nitrogens is 4. The lowest BCUT2D eigenvalue weighted by Crippen LogP contribution is -1.96. The quantitative estimate of drug-likeness (QED) is 0.517. The Bertz CT molecular complexity index is 993. The van der Waals surface area contributed by atoms with Crippen molar-refractivity contribution in [1.82, 2.24) is 20.0 Å². The van der Waals surface area contributed by atoms with Crippen molar-refractivity contribution in [3.8, 4) is 28.4 Å². The molecule has 0 aliphatic carbocycles. The van der Waals surface area contributed by atoms with E-state index in [1.807, 2.05) is 6.92 Å². The molecule has 0 aliphatic heterocycles. The topological polar surface area (TPSA) is 110 Å². The fourth-order valence-electron chi connectivity index (χ4n) is 2.92. The van der Waals surface area contributed by atoms with Gasteiger partial charge in [0.15, 0.2) is 5.69 Å². The van der Waals surface area contributed by atoms with Crippen LogP contribution in [0.15, 0.2) is 18.2 Å². The highest BCUT2D eigenvalue weighted by Gasteiger charge is 2.28. The molecule has 0 saturated heterocycles. The second-order valence-corrected chi connectivity index (χ2v) is 6.47. The van der Waals surface area contributed by atoms with Gasteiger partial charge in [0.1, 0.15) is 11.4 Å². The van der Waals surface area contributed by atoms with E-state index in [0.717, 1.165) is 12.0 Å². The summed E-state index contributed by atoms with van der Waals surface area (Å²) in [6, 6.07) is 4.81. The first-order chi connectivity index (χ1) is 12.3. The van der Waals surface area contributed by atoms with Crippen molar-refractivity contribution in [1.29, 1.82) is 0 Å². The number of hydrogen-bond acceptors (Lipinski definition) is 5. The Morgan fingerprint density at radius 3 is 2.77 bits per heavy atom. The molecule has 0 unspecified atom stereocenters. The van der Waals surface area contributed by atoms with Crippen LogP contribution in [0.3, 0.4) is 0 Å². The number of phenolic OH excluding ortho intramolecular Hbond substituents is 1. The molecule has 0 bridgehead atoms. The number of nitrogens with zero attached hydrogens (tertiary/aromatic N) is 4. The number of aryl methyl sites for hydroxylation is 3. The van der Waals surface area contributed by atoms with Gasteiger partial charge in [-0.15, -0.1) is 0 Å². The predicted octanol–water partition coefficient (Wildman–Crippen LogP) is 4.01. The van der Waals surface area contributed by atoms with E-state index in [-0.39, 0.29) is 11.4 Å². The average molecular weight is 376 g/mol. The van der Waals surface area contributed by atoms with Gasteiger partial charge in [0.05, 0.1) is 16.3 Å². The van der Waals surface area contributed by atoms with E-state index in [4.69, 9.17) is 11.6 Å². The zero-order valence-corrected chi connectivity index (χ0v) is 15.3. The maximum Gasteiger partial charge on any atom is 0.319 e. The number of nitro groups is 1. The van der Waals surface area contributed by atoms with Gasteiger partial charge in [-0.1, -0.05) is 24.9 Å². The van der Waals surface area contributed by atoms with Crippen LogP contribution in [0.25, 0.3) is 22.6 Å². The van der Waals surface area contributed by atoms with Crippen LogP contribution in [0.5, 0.6) is 5.75 Å². The van der Waals surface area contributed by atoms with Gasteiger partial charge in [0, 0.05) is 17.6 Å². The van der Waals surface area contributed by atoms with Gasteiger partial charge in [0.25, 0.3) is 0 Å². The molecule has 9 heteroatoms. The molecule has 8 nitrogen and oxygen atoms in total. The Morgan fingerprint density at radius 2 is 2.12 bits per heavy atom. The zero-order valence-electron chi connectivity index (χ0n) is 14.6. The van der Waals surface area contributed by atoms with Crippen LogP contribution in [0.4, 0.5) is 5.69 Å². The molecule has 26 heavy (non-hydrogen) atoms. The van der Waals surface area contributed by atoms with Crippen LogP contribution in [-0.2, 0) is 13.5 Å². The molecule has 0 atom stereocenters. The Morgan fingerprint density at radius 1 is 1.38 bits per heavy atom. The summed E-state index contributed by atoms with van der Waals surface area (Å²) in [4.78, 5) is 11.2. The predicted molar refractivity (Wildman–Crippen MR) is 98.3 cm³/mol. The first-order valence-corrected chi connectivity index (χ1v) is 8.46. The van der Waals surface area contributed by atoms with Crippen molar-refractivity contribution in [2.24, 2.45) is 7.05 Å². The van der Waals surface area contributed by atoms with Gasteiger partial charge in [-0.3, -0.25) is 19.9 Å². The lowest BCUT2D eigenvalue weighted by Gasteiger charge is -2.04. The lowest BCUT2D eigenvalue weighted by molar-refractivity contribution is -0.384. The summed E-state index contributed by atoms with van der Waals surface area (Å²) in [6.45, 7) is 3.73. The second kappa shape index (κ2) is 6.80. The number of halogens is 1. The second-order valence-electron chi connectivity index (χ2n) is 6.06. The molecule has 0 aliphatic rings. The summed E-state index contributed by atoms with van der Waals surface area (Å²) in [5.74, 6) is 0.0381. The summed E-state index contributed by atoms with van der Waals surface area (Å²) in [5.41, 5.74) is 2.82. The van der Waals surface area contributed by atoms with Gasteiger partial charge in [-0.2, -0.15) is 10.2 Å². The van der Waals surface area contributed by atoms with Crippen molar-refractivity contribution < 1.29 is 10.0 Å². The summed E-state index contributed by atoms with van der Waals surface area (Å²) in [5, 5.41) is 33.5. The fourth-order valence-corrected chi connectivity index (χ4v) is 3.08. The van der Waals surface area contributed by atoms with Crippen LogP contribution in [0.2, 0.25) is 5.02 Å². The Hall–Kier alpha value is -2.87. The number of aromatic amines is 1. The van der Waals surface area contributed by atoms with E-state index in [9.17, 15) is 15.2 Å². The molecule has 136 valence electrons. The van der Waals surface area contributed by atoms with Crippen LogP contribution in [0, 0.1) is 17.0 Å². The van der Waals surface area contributed by atoms with Gasteiger partial charge < -0.3 is 5.11 Å².